The number of amides is 1. The summed E-state index contributed by atoms with van der Waals surface area (Å²) in [4.78, 5) is 17.4. The molecule has 3 nitrogen and oxygen atoms in total. The normalized spacial score (nSPS) is 10.1. The Morgan fingerprint density at radius 1 is 1.35 bits per heavy atom. The van der Waals surface area contributed by atoms with E-state index in [1.165, 1.54) is 6.08 Å². The minimum Gasteiger partial charge on any atom is -0.332 e. The number of carbonyl (C=O) groups is 1. The van der Waals surface area contributed by atoms with Gasteiger partial charge in [-0.1, -0.05) is 18.2 Å². The molecule has 0 aliphatic rings. The Labute approximate surface area is 102 Å². The van der Waals surface area contributed by atoms with E-state index in [1.54, 1.807) is 35.5 Å². The average molecular weight is 228 g/mol. The van der Waals surface area contributed by atoms with Crippen molar-refractivity contribution in [2.45, 2.75) is 0 Å². The van der Waals surface area contributed by atoms with Gasteiger partial charge in [0, 0.05) is 31.6 Å². The Hall–Kier alpha value is -2.16. The SMILES string of the molecule is C=CCN(CC=C)C(=O)C=Cc1cccnc1. The topological polar surface area (TPSA) is 33.2 Å². The summed E-state index contributed by atoms with van der Waals surface area (Å²) in [7, 11) is 0. The summed E-state index contributed by atoms with van der Waals surface area (Å²) in [5.74, 6) is -0.0614. The second-order valence-corrected chi connectivity index (χ2v) is 3.44. The quantitative estimate of drug-likeness (QED) is 0.553. The van der Waals surface area contributed by atoms with Gasteiger partial charge in [-0.25, -0.2) is 0 Å². The number of hydrogen-bond donors (Lipinski definition) is 0. The van der Waals surface area contributed by atoms with Crippen molar-refractivity contribution in [2.24, 2.45) is 0 Å². The third kappa shape index (κ3) is 4.47. The molecule has 1 aromatic heterocycles. The van der Waals surface area contributed by atoms with Gasteiger partial charge >= 0.3 is 0 Å². The first-order valence-corrected chi connectivity index (χ1v) is 5.36. The zero-order valence-corrected chi connectivity index (χ0v) is 9.75. The lowest BCUT2D eigenvalue weighted by Gasteiger charge is -2.16. The van der Waals surface area contributed by atoms with Gasteiger partial charge in [0.2, 0.25) is 5.91 Å². The van der Waals surface area contributed by atoms with E-state index in [0.717, 1.165) is 5.56 Å². The van der Waals surface area contributed by atoms with Crippen molar-refractivity contribution in [3.8, 4) is 0 Å². The molecule has 1 rings (SSSR count). The van der Waals surface area contributed by atoms with Crippen molar-refractivity contribution in [3.63, 3.8) is 0 Å². The maximum atomic E-state index is 11.8. The molecule has 0 N–H and O–H groups in total. The van der Waals surface area contributed by atoms with E-state index in [0.29, 0.717) is 13.1 Å². The zero-order valence-electron chi connectivity index (χ0n) is 9.75. The van der Waals surface area contributed by atoms with Crippen molar-refractivity contribution < 1.29 is 4.79 Å². The molecule has 0 atom stereocenters. The summed E-state index contributed by atoms with van der Waals surface area (Å²) >= 11 is 0. The molecular formula is C14H16N2O. The summed E-state index contributed by atoms with van der Waals surface area (Å²) in [5.41, 5.74) is 0.901. The molecule has 0 saturated carbocycles. The number of nitrogens with zero attached hydrogens (tertiary/aromatic N) is 2. The summed E-state index contributed by atoms with van der Waals surface area (Å²) in [5, 5.41) is 0. The third-order valence-corrected chi connectivity index (χ3v) is 2.11. The molecule has 0 bridgehead atoms. The van der Waals surface area contributed by atoms with Crippen LogP contribution >= 0.6 is 0 Å². The van der Waals surface area contributed by atoms with Gasteiger partial charge in [0.1, 0.15) is 0 Å². The van der Waals surface area contributed by atoms with Crippen molar-refractivity contribution in [1.82, 2.24) is 9.88 Å². The maximum Gasteiger partial charge on any atom is 0.247 e. The van der Waals surface area contributed by atoms with Crippen LogP contribution < -0.4 is 0 Å². The van der Waals surface area contributed by atoms with E-state index in [-0.39, 0.29) is 5.91 Å². The van der Waals surface area contributed by atoms with Gasteiger partial charge in [0.25, 0.3) is 0 Å². The number of hydrogen-bond acceptors (Lipinski definition) is 2. The van der Waals surface area contributed by atoms with Gasteiger partial charge in [-0.05, 0) is 17.7 Å². The smallest absolute Gasteiger partial charge is 0.247 e. The predicted molar refractivity (Wildman–Crippen MR) is 70.2 cm³/mol. The summed E-state index contributed by atoms with van der Waals surface area (Å²) in [6.07, 6.45) is 10.1. The third-order valence-electron chi connectivity index (χ3n) is 2.11. The first kappa shape index (κ1) is 12.9. The fraction of sp³-hybridized carbons (Fsp3) is 0.143. The Morgan fingerprint density at radius 2 is 2.06 bits per heavy atom. The molecule has 17 heavy (non-hydrogen) atoms. The fourth-order valence-corrected chi connectivity index (χ4v) is 1.31. The molecule has 0 radical (unpaired) electrons. The molecule has 0 aliphatic carbocycles. The largest absolute Gasteiger partial charge is 0.332 e. The zero-order chi connectivity index (χ0) is 12.5. The predicted octanol–water partition coefficient (Wildman–Crippen LogP) is 2.30. The van der Waals surface area contributed by atoms with Crippen LogP contribution in [-0.4, -0.2) is 28.9 Å². The van der Waals surface area contributed by atoms with E-state index >= 15 is 0 Å². The number of aromatic nitrogens is 1. The molecule has 1 aromatic rings. The summed E-state index contributed by atoms with van der Waals surface area (Å²) in [6, 6.07) is 3.72. The van der Waals surface area contributed by atoms with E-state index in [2.05, 4.69) is 18.1 Å². The highest BCUT2D eigenvalue weighted by Gasteiger charge is 2.05. The van der Waals surface area contributed by atoms with E-state index < -0.39 is 0 Å². The molecule has 1 amide bonds. The van der Waals surface area contributed by atoms with Crippen molar-refractivity contribution in [1.29, 1.82) is 0 Å². The second kappa shape index (κ2) is 7.17. The van der Waals surface area contributed by atoms with Crippen LogP contribution in [0, 0.1) is 0 Å². The van der Waals surface area contributed by atoms with Crippen LogP contribution in [0.1, 0.15) is 5.56 Å². The summed E-state index contributed by atoms with van der Waals surface area (Å²) in [6.45, 7) is 8.27. The van der Waals surface area contributed by atoms with Crippen LogP contribution in [0.4, 0.5) is 0 Å². The van der Waals surface area contributed by atoms with E-state index in [9.17, 15) is 4.79 Å². The van der Waals surface area contributed by atoms with Gasteiger partial charge in [-0.15, -0.1) is 13.2 Å². The van der Waals surface area contributed by atoms with Crippen LogP contribution in [0.25, 0.3) is 6.08 Å². The van der Waals surface area contributed by atoms with Crippen LogP contribution in [0.15, 0.2) is 55.9 Å². The Bertz CT molecular complexity index is 399. The van der Waals surface area contributed by atoms with Gasteiger partial charge in [-0.2, -0.15) is 0 Å². The lowest BCUT2D eigenvalue weighted by Crippen LogP contribution is -2.29. The molecule has 0 fully saturated rings. The van der Waals surface area contributed by atoms with Crippen LogP contribution in [0.3, 0.4) is 0 Å². The molecule has 0 aromatic carbocycles. The highest BCUT2D eigenvalue weighted by Crippen LogP contribution is 2.00. The number of carbonyl (C=O) groups excluding carboxylic acids is 1. The Kier molecular flexibility index (Phi) is 5.44. The highest BCUT2D eigenvalue weighted by molar-refractivity contribution is 5.91. The lowest BCUT2D eigenvalue weighted by molar-refractivity contribution is -0.124. The van der Waals surface area contributed by atoms with Crippen molar-refractivity contribution in [3.05, 3.63) is 61.5 Å². The molecule has 88 valence electrons. The van der Waals surface area contributed by atoms with Crippen molar-refractivity contribution in [2.75, 3.05) is 13.1 Å². The maximum absolute atomic E-state index is 11.8. The monoisotopic (exact) mass is 228 g/mol. The first-order chi connectivity index (χ1) is 8.27. The lowest BCUT2D eigenvalue weighted by atomic mass is 10.2. The minimum atomic E-state index is -0.0614. The molecular weight excluding hydrogens is 212 g/mol. The van der Waals surface area contributed by atoms with E-state index in [4.69, 9.17) is 0 Å². The van der Waals surface area contributed by atoms with Crippen LogP contribution in [0.5, 0.6) is 0 Å². The molecule has 0 spiro atoms. The Balaban J connectivity index is 2.66. The van der Waals surface area contributed by atoms with Crippen molar-refractivity contribution >= 4 is 12.0 Å². The van der Waals surface area contributed by atoms with Gasteiger partial charge in [0.05, 0.1) is 0 Å². The van der Waals surface area contributed by atoms with Gasteiger partial charge in [-0.3, -0.25) is 9.78 Å². The fourth-order valence-electron chi connectivity index (χ4n) is 1.31. The van der Waals surface area contributed by atoms with Gasteiger partial charge < -0.3 is 4.90 Å². The highest BCUT2D eigenvalue weighted by atomic mass is 16.2. The van der Waals surface area contributed by atoms with Crippen LogP contribution in [0.2, 0.25) is 0 Å². The summed E-state index contributed by atoms with van der Waals surface area (Å²) < 4.78 is 0. The number of rotatable bonds is 6. The first-order valence-electron chi connectivity index (χ1n) is 5.36. The minimum absolute atomic E-state index is 0.0614. The number of pyridine rings is 1. The van der Waals surface area contributed by atoms with E-state index in [1.807, 2.05) is 12.1 Å². The van der Waals surface area contributed by atoms with Crippen LogP contribution in [-0.2, 0) is 4.79 Å². The molecule has 0 aliphatic heterocycles. The molecule has 0 unspecified atom stereocenters. The second-order valence-electron chi connectivity index (χ2n) is 3.44. The van der Waals surface area contributed by atoms with Gasteiger partial charge in [0.15, 0.2) is 0 Å². The molecule has 0 saturated heterocycles. The average Bonchev–Trinajstić information content (AvgIpc) is 2.37. The molecule has 1 heterocycles. The standard InChI is InChI=1S/C14H16N2O/c1-3-10-16(11-4-2)14(17)8-7-13-6-5-9-15-12-13/h3-9,12H,1-2,10-11H2. The molecule has 3 heteroatoms. The Morgan fingerprint density at radius 3 is 2.59 bits per heavy atom.